The fourth-order valence-electron chi connectivity index (χ4n) is 4.26. The Labute approximate surface area is 217 Å². The Morgan fingerprint density at radius 1 is 1.31 bits per heavy atom. The molecule has 10 nitrogen and oxygen atoms in total. The molecule has 0 spiro atoms. The number of rotatable bonds is 13. The highest BCUT2D eigenvalue weighted by Crippen LogP contribution is 2.21. The van der Waals surface area contributed by atoms with E-state index in [1.165, 1.54) is 5.01 Å². The molecule has 2 aliphatic heterocycles. The first kappa shape index (κ1) is 30.5. The first-order chi connectivity index (χ1) is 17.0. The van der Waals surface area contributed by atoms with Crippen LogP contribution in [0, 0.1) is 5.41 Å². The molecule has 0 saturated carbocycles. The van der Waals surface area contributed by atoms with Crippen molar-refractivity contribution in [1.82, 2.24) is 20.7 Å². The second kappa shape index (κ2) is 14.3. The predicted octanol–water partition coefficient (Wildman–Crippen LogP) is 1.75. The van der Waals surface area contributed by atoms with Crippen LogP contribution in [-0.4, -0.2) is 92.2 Å². The summed E-state index contributed by atoms with van der Waals surface area (Å²) in [7, 11) is 1.66. The van der Waals surface area contributed by atoms with Crippen LogP contribution in [0.2, 0.25) is 0 Å². The number of nitrogens with one attached hydrogen (secondary N) is 2. The lowest BCUT2D eigenvalue weighted by atomic mass is 9.92. The molecule has 5 atom stereocenters. The maximum absolute atomic E-state index is 13.1. The number of hydrazine groups is 1. The fraction of sp³-hybridized carbons (Fsp3) is 0.846. The SMILES string of the molecule is C=C(NC(CC)N1CCO[C@@H](C[C@H](N)C(=O)N2CCC[C@@H](C(=O)OCC(C)(C)CC)N2)C1)[C@H](C)OC. The zero-order valence-electron chi connectivity index (χ0n) is 23.2. The lowest BCUT2D eigenvalue weighted by Gasteiger charge is -2.40. The summed E-state index contributed by atoms with van der Waals surface area (Å²) in [6.45, 7) is 17.2. The molecular formula is C26H49N5O5. The van der Waals surface area contributed by atoms with Crippen molar-refractivity contribution in [2.45, 2.75) is 97.2 Å². The Morgan fingerprint density at radius 2 is 2.03 bits per heavy atom. The number of hydrogen-bond donors (Lipinski definition) is 3. The molecule has 2 rings (SSSR count). The Kier molecular flexibility index (Phi) is 12.1. The van der Waals surface area contributed by atoms with Gasteiger partial charge in [-0.15, -0.1) is 0 Å². The number of nitrogens with two attached hydrogens (primary N) is 1. The Hall–Kier alpha value is -1.72. The van der Waals surface area contributed by atoms with Gasteiger partial charge in [0.25, 0.3) is 5.91 Å². The molecule has 36 heavy (non-hydrogen) atoms. The van der Waals surface area contributed by atoms with Crippen LogP contribution >= 0.6 is 0 Å². The summed E-state index contributed by atoms with van der Waals surface area (Å²) >= 11 is 0. The minimum Gasteiger partial charge on any atom is -0.464 e. The van der Waals surface area contributed by atoms with E-state index in [0.29, 0.717) is 45.6 Å². The van der Waals surface area contributed by atoms with Crippen molar-refractivity contribution in [3.63, 3.8) is 0 Å². The minimum atomic E-state index is -0.729. The van der Waals surface area contributed by atoms with Gasteiger partial charge in [0, 0.05) is 32.4 Å². The second-order valence-electron chi connectivity index (χ2n) is 10.7. The summed E-state index contributed by atoms with van der Waals surface area (Å²) in [5.41, 5.74) is 10.1. The van der Waals surface area contributed by atoms with E-state index in [0.717, 1.165) is 25.1 Å². The number of hydrogen-bond acceptors (Lipinski definition) is 9. The van der Waals surface area contributed by atoms with Crippen molar-refractivity contribution in [2.24, 2.45) is 11.1 Å². The molecule has 0 bridgehead atoms. The van der Waals surface area contributed by atoms with Crippen molar-refractivity contribution in [1.29, 1.82) is 0 Å². The van der Waals surface area contributed by atoms with Gasteiger partial charge < -0.3 is 25.3 Å². The Bertz CT molecular complexity index is 734. The molecule has 0 aromatic rings. The normalized spacial score (nSPS) is 24.0. The topological polar surface area (TPSA) is 118 Å². The predicted molar refractivity (Wildman–Crippen MR) is 140 cm³/mol. The molecule has 0 aliphatic carbocycles. The molecule has 208 valence electrons. The number of carbonyl (C=O) groups excluding carboxylic acids is 2. The monoisotopic (exact) mass is 511 g/mol. The lowest BCUT2D eigenvalue weighted by Crippen LogP contribution is -2.60. The molecule has 2 aliphatic rings. The van der Waals surface area contributed by atoms with Gasteiger partial charge in [-0.2, -0.15) is 0 Å². The lowest BCUT2D eigenvalue weighted by molar-refractivity contribution is -0.155. The van der Waals surface area contributed by atoms with E-state index >= 15 is 0 Å². The van der Waals surface area contributed by atoms with E-state index < -0.39 is 12.1 Å². The van der Waals surface area contributed by atoms with Gasteiger partial charge in [-0.1, -0.05) is 34.3 Å². The van der Waals surface area contributed by atoms with Gasteiger partial charge >= 0.3 is 5.97 Å². The minimum absolute atomic E-state index is 0.0718. The first-order valence-corrected chi connectivity index (χ1v) is 13.3. The van der Waals surface area contributed by atoms with Gasteiger partial charge in [0.1, 0.15) is 6.04 Å². The van der Waals surface area contributed by atoms with Crippen LogP contribution in [-0.2, 0) is 23.8 Å². The van der Waals surface area contributed by atoms with Crippen molar-refractivity contribution in [2.75, 3.05) is 40.0 Å². The van der Waals surface area contributed by atoms with E-state index in [2.05, 4.69) is 49.9 Å². The van der Waals surface area contributed by atoms with Gasteiger partial charge in [0.2, 0.25) is 0 Å². The summed E-state index contributed by atoms with van der Waals surface area (Å²) in [5, 5.41) is 4.95. The number of ether oxygens (including phenoxy) is 3. The molecule has 4 N–H and O–H groups in total. The van der Waals surface area contributed by atoms with Crippen molar-refractivity contribution in [3.05, 3.63) is 12.3 Å². The third-order valence-electron chi connectivity index (χ3n) is 7.33. The van der Waals surface area contributed by atoms with Crippen LogP contribution in [0.25, 0.3) is 0 Å². The smallest absolute Gasteiger partial charge is 0.324 e. The van der Waals surface area contributed by atoms with Crippen molar-refractivity contribution >= 4 is 11.9 Å². The number of carbonyl (C=O) groups is 2. The van der Waals surface area contributed by atoms with Gasteiger partial charge in [0.05, 0.1) is 37.6 Å². The molecule has 2 fully saturated rings. The molecule has 2 saturated heterocycles. The fourth-order valence-corrected chi connectivity index (χ4v) is 4.26. The highest BCUT2D eigenvalue weighted by molar-refractivity contribution is 5.82. The van der Waals surface area contributed by atoms with Gasteiger partial charge in [0.15, 0.2) is 0 Å². The third-order valence-corrected chi connectivity index (χ3v) is 7.33. The largest absolute Gasteiger partial charge is 0.464 e. The van der Waals surface area contributed by atoms with Gasteiger partial charge in [-0.3, -0.25) is 19.5 Å². The zero-order chi connectivity index (χ0) is 26.9. The van der Waals surface area contributed by atoms with Crippen LogP contribution in [0.3, 0.4) is 0 Å². The second-order valence-corrected chi connectivity index (χ2v) is 10.7. The molecule has 1 amide bonds. The van der Waals surface area contributed by atoms with Crippen molar-refractivity contribution < 1.29 is 23.8 Å². The van der Waals surface area contributed by atoms with E-state index in [9.17, 15) is 9.59 Å². The molecule has 0 radical (unpaired) electrons. The average molecular weight is 512 g/mol. The molecule has 2 heterocycles. The molecular weight excluding hydrogens is 462 g/mol. The van der Waals surface area contributed by atoms with E-state index in [1.54, 1.807) is 7.11 Å². The van der Waals surface area contributed by atoms with Gasteiger partial charge in [-0.05, 0) is 44.4 Å². The number of morpholine rings is 1. The molecule has 10 heteroatoms. The summed E-state index contributed by atoms with van der Waals surface area (Å²) < 4.78 is 16.8. The maximum atomic E-state index is 13.1. The third kappa shape index (κ3) is 8.99. The van der Waals surface area contributed by atoms with E-state index in [4.69, 9.17) is 19.9 Å². The summed E-state index contributed by atoms with van der Waals surface area (Å²) in [6, 6.07) is -1.27. The molecule has 0 aromatic carbocycles. The van der Waals surface area contributed by atoms with Crippen LogP contribution in [0.4, 0.5) is 0 Å². The van der Waals surface area contributed by atoms with E-state index in [1.807, 2.05) is 6.92 Å². The molecule has 1 unspecified atom stereocenters. The van der Waals surface area contributed by atoms with Crippen LogP contribution in [0.1, 0.15) is 66.7 Å². The van der Waals surface area contributed by atoms with E-state index in [-0.39, 0.29) is 35.7 Å². The average Bonchev–Trinajstić information content (AvgIpc) is 2.89. The highest BCUT2D eigenvalue weighted by atomic mass is 16.5. The summed E-state index contributed by atoms with van der Waals surface area (Å²) in [5.74, 6) is -0.550. The quantitative estimate of drug-likeness (QED) is 0.318. The standard InChI is InChI=1S/C26H49N5O5/c1-8-23(28-18(3)19(4)34-7)30-13-14-35-20(16-30)15-21(27)24(32)31-12-10-11-22(29-31)25(33)36-17-26(5,6)9-2/h19-23,28-29H,3,8-17,27H2,1-2,4-7H3/t19-,20-,21-,22-,23?/m0/s1. The summed E-state index contributed by atoms with van der Waals surface area (Å²) in [4.78, 5) is 28.0. The first-order valence-electron chi connectivity index (χ1n) is 13.3. The zero-order valence-corrected chi connectivity index (χ0v) is 23.2. The van der Waals surface area contributed by atoms with Gasteiger partial charge in [-0.25, -0.2) is 5.43 Å². The summed E-state index contributed by atoms with van der Waals surface area (Å²) in [6.07, 6.45) is 3.39. The maximum Gasteiger partial charge on any atom is 0.324 e. The number of methoxy groups -OCH3 is 1. The Balaban J connectivity index is 1.88. The number of esters is 1. The molecule has 0 aromatic heterocycles. The Morgan fingerprint density at radius 3 is 2.67 bits per heavy atom. The van der Waals surface area contributed by atoms with Crippen LogP contribution in [0.15, 0.2) is 12.3 Å². The van der Waals surface area contributed by atoms with Crippen LogP contribution < -0.4 is 16.5 Å². The van der Waals surface area contributed by atoms with Crippen LogP contribution in [0.5, 0.6) is 0 Å². The number of nitrogens with zero attached hydrogens (tertiary/aromatic N) is 2. The number of amides is 1. The van der Waals surface area contributed by atoms with Crippen molar-refractivity contribution in [3.8, 4) is 0 Å². The highest BCUT2D eigenvalue weighted by Gasteiger charge is 2.34.